The summed E-state index contributed by atoms with van der Waals surface area (Å²) in [6, 6.07) is 7.38. The maximum Gasteiger partial charge on any atom is 0.238 e. The smallest absolute Gasteiger partial charge is 0.238 e. The highest BCUT2D eigenvalue weighted by molar-refractivity contribution is 7.89. The van der Waals surface area contributed by atoms with Crippen molar-refractivity contribution < 1.29 is 8.42 Å². The molecule has 0 amide bonds. The van der Waals surface area contributed by atoms with E-state index < -0.39 is 10.0 Å². The summed E-state index contributed by atoms with van der Waals surface area (Å²) in [5.41, 5.74) is 1.09. The molecule has 0 heterocycles. The summed E-state index contributed by atoms with van der Waals surface area (Å²) in [5, 5.41) is 8.70. The van der Waals surface area contributed by atoms with Gasteiger partial charge in [0, 0.05) is 12.6 Å². The van der Waals surface area contributed by atoms with Crippen molar-refractivity contribution >= 4 is 10.0 Å². The number of sulfonamides is 1. The zero-order chi connectivity index (χ0) is 15.5. The number of rotatable bonds is 5. The largest absolute Gasteiger partial charge is 0.310 e. The van der Waals surface area contributed by atoms with Gasteiger partial charge in [0.1, 0.15) is 0 Å². The van der Waals surface area contributed by atoms with E-state index in [9.17, 15) is 8.42 Å². The molecule has 1 aromatic carbocycles. The number of hydrogen-bond donors (Lipinski definition) is 2. The fourth-order valence-corrected chi connectivity index (χ4v) is 3.59. The molecule has 2 rings (SSSR count). The van der Waals surface area contributed by atoms with E-state index in [-0.39, 0.29) is 4.90 Å². The first-order valence-corrected chi connectivity index (χ1v) is 9.26. The predicted octanol–water partition coefficient (Wildman–Crippen LogP) is 2.64. The van der Waals surface area contributed by atoms with Gasteiger partial charge in [-0.3, -0.25) is 0 Å². The van der Waals surface area contributed by atoms with Crippen molar-refractivity contribution in [3.63, 3.8) is 0 Å². The number of nitrogens with one attached hydrogen (secondary N) is 1. The number of hydrogen-bond acceptors (Lipinski definition) is 3. The topological polar surface area (TPSA) is 72.2 Å². The van der Waals surface area contributed by atoms with Crippen LogP contribution in [-0.2, 0) is 16.6 Å². The van der Waals surface area contributed by atoms with Crippen molar-refractivity contribution in [3.8, 4) is 0 Å². The monoisotopic (exact) mass is 310 g/mol. The first-order chi connectivity index (χ1) is 9.86. The van der Waals surface area contributed by atoms with Crippen molar-refractivity contribution in [3.05, 3.63) is 29.8 Å². The lowest BCUT2D eigenvalue weighted by Crippen LogP contribution is -2.35. The van der Waals surface area contributed by atoms with Crippen LogP contribution in [0, 0.1) is 11.8 Å². The molecule has 2 atom stereocenters. The normalized spacial score (nSPS) is 23.4. The minimum atomic E-state index is -3.59. The predicted molar refractivity (Wildman–Crippen MR) is 85.2 cm³/mol. The molecule has 0 aromatic heterocycles. The van der Waals surface area contributed by atoms with Gasteiger partial charge in [-0.15, -0.1) is 0 Å². The Labute approximate surface area is 128 Å². The Morgan fingerprint density at radius 1 is 1.24 bits per heavy atom. The van der Waals surface area contributed by atoms with E-state index in [1.54, 1.807) is 12.1 Å². The first-order valence-electron chi connectivity index (χ1n) is 7.71. The summed E-state index contributed by atoms with van der Waals surface area (Å²) < 4.78 is 22.4. The molecule has 0 radical (unpaired) electrons. The molecule has 1 aromatic rings. The molecule has 3 N–H and O–H groups in total. The molecule has 0 spiro atoms. The number of benzene rings is 1. The van der Waals surface area contributed by atoms with Crippen molar-refractivity contribution in [1.29, 1.82) is 0 Å². The van der Waals surface area contributed by atoms with E-state index in [0.29, 0.717) is 6.04 Å². The fraction of sp³-hybridized carbons (Fsp3) is 0.625. The highest BCUT2D eigenvalue weighted by Gasteiger charge is 2.23. The molecule has 5 heteroatoms. The second kappa shape index (κ2) is 6.90. The zero-order valence-corrected chi connectivity index (χ0v) is 13.7. The van der Waals surface area contributed by atoms with Gasteiger partial charge in [-0.25, -0.2) is 13.6 Å². The number of primary sulfonamides is 1. The minimum Gasteiger partial charge on any atom is -0.310 e. The molecule has 1 fully saturated rings. The van der Waals surface area contributed by atoms with E-state index in [4.69, 9.17) is 5.14 Å². The van der Waals surface area contributed by atoms with Gasteiger partial charge in [0.25, 0.3) is 0 Å². The third-order valence-corrected chi connectivity index (χ3v) is 5.43. The van der Waals surface area contributed by atoms with Crippen LogP contribution in [0.25, 0.3) is 0 Å². The Bertz CT molecular complexity index is 552. The Morgan fingerprint density at radius 2 is 1.90 bits per heavy atom. The van der Waals surface area contributed by atoms with Gasteiger partial charge in [-0.1, -0.05) is 38.8 Å². The van der Waals surface area contributed by atoms with Crippen molar-refractivity contribution in [1.82, 2.24) is 5.32 Å². The maximum absolute atomic E-state index is 11.2. The van der Waals surface area contributed by atoms with Crippen LogP contribution < -0.4 is 10.5 Å². The molecule has 21 heavy (non-hydrogen) atoms. The van der Waals surface area contributed by atoms with Crippen LogP contribution in [0.4, 0.5) is 0 Å². The number of nitrogens with two attached hydrogens (primary N) is 1. The highest BCUT2D eigenvalue weighted by Crippen LogP contribution is 2.30. The first kappa shape index (κ1) is 16.5. The van der Waals surface area contributed by atoms with Crippen molar-refractivity contribution in [2.75, 3.05) is 0 Å². The van der Waals surface area contributed by atoms with Crippen LogP contribution in [0.5, 0.6) is 0 Å². The molecule has 1 aliphatic carbocycles. The Hall–Kier alpha value is -0.910. The highest BCUT2D eigenvalue weighted by atomic mass is 32.2. The van der Waals surface area contributed by atoms with E-state index in [0.717, 1.165) is 23.9 Å². The third-order valence-electron chi connectivity index (χ3n) is 4.50. The Kier molecular flexibility index (Phi) is 5.41. The van der Waals surface area contributed by atoms with Crippen molar-refractivity contribution in [2.45, 2.75) is 57.0 Å². The average molecular weight is 310 g/mol. The summed E-state index contributed by atoms with van der Waals surface area (Å²) in [4.78, 5) is 0.170. The van der Waals surface area contributed by atoms with Gasteiger partial charge in [0.05, 0.1) is 4.90 Å². The van der Waals surface area contributed by atoms with Gasteiger partial charge < -0.3 is 5.32 Å². The van der Waals surface area contributed by atoms with Crippen LogP contribution >= 0.6 is 0 Å². The molecule has 0 aliphatic heterocycles. The summed E-state index contributed by atoms with van der Waals surface area (Å²) in [6.45, 7) is 5.39. The van der Waals surface area contributed by atoms with Gasteiger partial charge in [-0.05, 0) is 42.4 Å². The van der Waals surface area contributed by atoms with E-state index >= 15 is 0 Å². The Balaban J connectivity index is 1.88. The minimum absolute atomic E-state index is 0.170. The molecular weight excluding hydrogens is 284 g/mol. The molecular formula is C16H26N2O2S. The lowest BCUT2D eigenvalue weighted by Gasteiger charge is -2.32. The molecule has 1 saturated carbocycles. The standard InChI is InChI=1S/C16H26N2O2S/c1-12(2)14-4-3-5-15(10-14)18-11-13-6-8-16(9-7-13)21(17,19)20/h6-9,12,14-15,18H,3-5,10-11H2,1-2H3,(H2,17,19,20). The fourth-order valence-electron chi connectivity index (χ4n) is 3.08. The van der Waals surface area contributed by atoms with E-state index in [1.807, 2.05) is 12.1 Å². The van der Waals surface area contributed by atoms with Crippen LogP contribution in [-0.4, -0.2) is 14.5 Å². The Morgan fingerprint density at radius 3 is 2.48 bits per heavy atom. The SMILES string of the molecule is CC(C)C1CCCC(NCc2ccc(S(N)(=O)=O)cc2)C1. The van der Waals surface area contributed by atoms with Gasteiger partial charge in [0.15, 0.2) is 0 Å². The molecule has 2 unspecified atom stereocenters. The molecule has 118 valence electrons. The second-order valence-electron chi connectivity index (χ2n) is 6.44. The van der Waals surface area contributed by atoms with Crippen LogP contribution in [0.2, 0.25) is 0 Å². The molecule has 0 bridgehead atoms. The van der Waals surface area contributed by atoms with E-state index in [2.05, 4.69) is 19.2 Å². The summed E-state index contributed by atoms with van der Waals surface area (Å²) in [6.07, 6.45) is 5.12. The lowest BCUT2D eigenvalue weighted by atomic mass is 9.79. The summed E-state index contributed by atoms with van der Waals surface area (Å²) in [7, 11) is -3.59. The summed E-state index contributed by atoms with van der Waals surface area (Å²) in [5.74, 6) is 1.57. The zero-order valence-electron chi connectivity index (χ0n) is 12.9. The van der Waals surface area contributed by atoms with Crippen LogP contribution in [0.15, 0.2) is 29.2 Å². The molecule has 4 nitrogen and oxygen atoms in total. The van der Waals surface area contributed by atoms with Gasteiger partial charge in [0.2, 0.25) is 10.0 Å². The quantitative estimate of drug-likeness (QED) is 0.878. The lowest BCUT2D eigenvalue weighted by molar-refractivity contribution is 0.231. The maximum atomic E-state index is 11.2. The van der Waals surface area contributed by atoms with E-state index in [1.165, 1.54) is 25.7 Å². The second-order valence-corrected chi connectivity index (χ2v) is 8.00. The van der Waals surface area contributed by atoms with Crippen LogP contribution in [0.3, 0.4) is 0 Å². The summed E-state index contributed by atoms with van der Waals surface area (Å²) >= 11 is 0. The average Bonchev–Trinajstić information content (AvgIpc) is 2.45. The van der Waals surface area contributed by atoms with Crippen LogP contribution in [0.1, 0.15) is 45.1 Å². The molecule has 0 saturated heterocycles. The van der Waals surface area contributed by atoms with Crippen molar-refractivity contribution in [2.24, 2.45) is 17.0 Å². The molecule has 1 aliphatic rings. The third kappa shape index (κ3) is 4.80. The van der Waals surface area contributed by atoms with Gasteiger partial charge in [-0.2, -0.15) is 0 Å². The van der Waals surface area contributed by atoms with Gasteiger partial charge >= 0.3 is 0 Å².